The van der Waals surface area contributed by atoms with Crippen molar-refractivity contribution in [2.75, 3.05) is 13.2 Å². The van der Waals surface area contributed by atoms with Gasteiger partial charge in [-0.25, -0.2) is 13.2 Å². The van der Waals surface area contributed by atoms with Gasteiger partial charge in [-0.15, -0.1) is 0 Å². The molecule has 2 unspecified atom stereocenters. The third kappa shape index (κ3) is 7.40. The zero-order chi connectivity index (χ0) is 28.1. The van der Waals surface area contributed by atoms with Gasteiger partial charge in [-0.2, -0.15) is 22.0 Å². The Labute approximate surface area is 217 Å². The maximum absolute atomic E-state index is 14.5. The molecule has 2 aromatic carbocycles. The lowest BCUT2D eigenvalue weighted by Crippen LogP contribution is -2.50. The molecule has 0 radical (unpaired) electrons. The number of hydrogen-bond acceptors (Lipinski definition) is 4. The number of aliphatic hydroxyl groups is 1. The minimum Gasteiger partial charge on any atom is -0.389 e. The summed E-state index contributed by atoms with van der Waals surface area (Å²) in [5.41, 5.74) is -2.74. The molecule has 38 heavy (non-hydrogen) atoms. The zero-order valence-electron chi connectivity index (χ0n) is 19.3. The molecular formula is C25H21ClF8N2O2. The van der Waals surface area contributed by atoms with Gasteiger partial charge in [-0.1, -0.05) is 41.9 Å². The molecule has 0 bridgehead atoms. The molecule has 13 heteroatoms. The van der Waals surface area contributed by atoms with E-state index in [1.54, 1.807) is 30.3 Å². The van der Waals surface area contributed by atoms with E-state index in [1.807, 2.05) is 0 Å². The molecule has 0 saturated carbocycles. The van der Waals surface area contributed by atoms with Gasteiger partial charge < -0.3 is 9.84 Å². The van der Waals surface area contributed by atoms with E-state index in [1.165, 1.54) is 18.3 Å². The molecule has 0 saturated heterocycles. The summed E-state index contributed by atoms with van der Waals surface area (Å²) < 4.78 is 110. The number of pyridine rings is 1. The van der Waals surface area contributed by atoms with Crippen LogP contribution in [0.3, 0.4) is 0 Å². The van der Waals surface area contributed by atoms with Crippen LogP contribution in [0.25, 0.3) is 0 Å². The third-order valence-electron chi connectivity index (χ3n) is 5.56. The number of ether oxygens (including phenoxy) is 1. The number of hydrogen-bond donors (Lipinski definition) is 2. The lowest BCUT2D eigenvalue weighted by atomic mass is 9.79. The summed E-state index contributed by atoms with van der Waals surface area (Å²) in [4.78, 5) is 4.20. The Kier molecular flexibility index (Phi) is 9.34. The lowest BCUT2D eigenvalue weighted by Gasteiger charge is -2.37. The van der Waals surface area contributed by atoms with Crippen LogP contribution in [0.15, 0.2) is 66.9 Å². The van der Waals surface area contributed by atoms with Crippen LogP contribution >= 0.6 is 11.6 Å². The Bertz CT molecular complexity index is 1200. The van der Waals surface area contributed by atoms with Gasteiger partial charge in [-0.05, 0) is 41.5 Å². The molecule has 0 fully saturated rings. The first-order valence-electron chi connectivity index (χ1n) is 11.0. The monoisotopic (exact) mass is 568 g/mol. The van der Waals surface area contributed by atoms with E-state index in [4.69, 9.17) is 11.6 Å². The highest BCUT2D eigenvalue weighted by molar-refractivity contribution is 6.30. The quantitative estimate of drug-likeness (QED) is 0.270. The maximum Gasteiger partial charge on any atom is 0.416 e. The third-order valence-corrected chi connectivity index (χ3v) is 5.78. The summed E-state index contributed by atoms with van der Waals surface area (Å²) in [7, 11) is 0. The van der Waals surface area contributed by atoms with Crippen molar-refractivity contribution in [2.24, 2.45) is 0 Å². The summed E-state index contributed by atoms with van der Waals surface area (Å²) in [5.74, 6) is -1.22. The summed E-state index contributed by atoms with van der Waals surface area (Å²) >= 11 is 5.93. The second-order valence-corrected chi connectivity index (χ2v) is 8.80. The molecular weight excluding hydrogens is 548 g/mol. The molecule has 3 aromatic rings. The van der Waals surface area contributed by atoms with Crippen molar-refractivity contribution in [2.45, 2.75) is 36.8 Å². The zero-order valence-corrected chi connectivity index (χ0v) is 20.1. The van der Waals surface area contributed by atoms with E-state index < -0.39 is 54.9 Å². The van der Waals surface area contributed by atoms with Crippen LogP contribution < -0.4 is 5.32 Å². The minimum absolute atomic E-state index is 0.0514. The van der Waals surface area contributed by atoms with Crippen LogP contribution in [0.1, 0.15) is 22.4 Å². The van der Waals surface area contributed by atoms with Crippen LogP contribution in [0, 0.1) is 5.82 Å². The summed E-state index contributed by atoms with van der Waals surface area (Å²) in [6.45, 7) is -1.88. The molecule has 4 nitrogen and oxygen atoms in total. The minimum atomic E-state index is -4.92. The number of aromatic nitrogens is 1. The normalized spacial score (nSPS) is 14.9. The van der Waals surface area contributed by atoms with Gasteiger partial charge in [-0.3, -0.25) is 10.3 Å². The van der Waals surface area contributed by atoms with Gasteiger partial charge >= 0.3 is 18.7 Å². The Balaban J connectivity index is 2.11. The predicted octanol–water partition coefficient (Wildman–Crippen LogP) is 6.20. The number of benzene rings is 2. The maximum atomic E-state index is 14.5. The van der Waals surface area contributed by atoms with Gasteiger partial charge in [0.05, 0.1) is 34.5 Å². The van der Waals surface area contributed by atoms with E-state index in [9.17, 15) is 40.2 Å². The SMILES string of the molecule is OC(CNC(Cc1ccccc1)(c1cc(F)cc(C(F)(F)F)c1)c1ccc(Cl)cn1)COC(F)(F)C(F)F. The summed E-state index contributed by atoms with van der Waals surface area (Å²) in [6.07, 6.45) is -14.7. The van der Waals surface area contributed by atoms with E-state index in [0.29, 0.717) is 17.7 Å². The van der Waals surface area contributed by atoms with Crippen molar-refractivity contribution in [1.29, 1.82) is 0 Å². The molecule has 206 valence electrons. The predicted molar refractivity (Wildman–Crippen MR) is 122 cm³/mol. The van der Waals surface area contributed by atoms with Crippen LogP contribution in [-0.2, 0) is 22.9 Å². The van der Waals surface area contributed by atoms with Gasteiger partial charge in [0.25, 0.3) is 0 Å². The topological polar surface area (TPSA) is 54.4 Å². The van der Waals surface area contributed by atoms with Gasteiger partial charge in [0.15, 0.2) is 0 Å². The first-order valence-corrected chi connectivity index (χ1v) is 11.4. The Hall–Kier alpha value is -2.80. The summed E-state index contributed by atoms with van der Waals surface area (Å²) in [6, 6.07) is 12.9. The van der Waals surface area contributed by atoms with Crippen molar-refractivity contribution in [3.05, 3.63) is 100 Å². The molecule has 0 spiro atoms. The van der Waals surface area contributed by atoms with Crippen molar-refractivity contribution in [3.63, 3.8) is 0 Å². The smallest absolute Gasteiger partial charge is 0.389 e. The molecule has 0 amide bonds. The molecule has 3 rings (SSSR count). The van der Waals surface area contributed by atoms with Gasteiger partial charge in [0.1, 0.15) is 5.82 Å². The van der Waals surface area contributed by atoms with E-state index in [2.05, 4.69) is 15.0 Å². The molecule has 1 heterocycles. The number of halogens is 9. The number of alkyl halides is 7. The highest BCUT2D eigenvalue weighted by Gasteiger charge is 2.43. The van der Waals surface area contributed by atoms with Crippen molar-refractivity contribution >= 4 is 11.6 Å². The summed E-state index contributed by atoms with van der Waals surface area (Å²) in [5, 5.41) is 13.2. The highest BCUT2D eigenvalue weighted by atomic mass is 35.5. The van der Waals surface area contributed by atoms with Crippen LogP contribution in [-0.4, -0.2) is 41.9 Å². The molecule has 0 aliphatic heterocycles. The van der Waals surface area contributed by atoms with Crippen molar-refractivity contribution < 1.29 is 45.0 Å². The van der Waals surface area contributed by atoms with E-state index in [0.717, 1.165) is 6.07 Å². The molecule has 2 N–H and O–H groups in total. The molecule has 0 aliphatic rings. The van der Waals surface area contributed by atoms with Crippen LogP contribution in [0.5, 0.6) is 0 Å². The average Bonchev–Trinajstić information content (AvgIpc) is 2.85. The standard InChI is InChI=1S/C25H21ClF8N2O2/c26-18-6-7-21(35-12-18)23(11-15-4-2-1-3-5-15,16-8-17(24(30,31)32)10-19(27)9-16)36-13-20(37)14-38-25(33,34)22(28)29/h1-10,12,20,22,36-37H,11,13-14H2. The molecule has 2 atom stereocenters. The lowest BCUT2D eigenvalue weighted by molar-refractivity contribution is -0.306. The van der Waals surface area contributed by atoms with E-state index >= 15 is 0 Å². The first kappa shape index (κ1) is 29.8. The number of nitrogens with one attached hydrogen (secondary N) is 1. The van der Waals surface area contributed by atoms with Gasteiger partial charge in [0.2, 0.25) is 0 Å². The largest absolute Gasteiger partial charge is 0.416 e. The van der Waals surface area contributed by atoms with Crippen LogP contribution in [0.2, 0.25) is 5.02 Å². The fourth-order valence-electron chi connectivity index (χ4n) is 3.75. The van der Waals surface area contributed by atoms with Crippen molar-refractivity contribution in [1.82, 2.24) is 10.3 Å². The average molecular weight is 569 g/mol. The van der Waals surface area contributed by atoms with Gasteiger partial charge in [0, 0.05) is 19.2 Å². The Morgan fingerprint density at radius 2 is 1.61 bits per heavy atom. The fraction of sp³-hybridized carbons (Fsp3) is 0.320. The van der Waals surface area contributed by atoms with Crippen LogP contribution in [0.4, 0.5) is 35.1 Å². The van der Waals surface area contributed by atoms with E-state index in [-0.39, 0.29) is 22.7 Å². The number of aliphatic hydroxyl groups excluding tert-OH is 1. The van der Waals surface area contributed by atoms with Crippen molar-refractivity contribution in [3.8, 4) is 0 Å². The Morgan fingerprint density at radius 1 is 0.947 bits per heavy atom. The molecule has 0 aliphatic carbocycles. The number of rotatable bonds is 11. The Morgan fingerprint density at radius 3 is 2.18 bits per heavy atom. The second-order valence-electron chi connectivity index (χ2n) is 8.36. The molecule has 1 aromatic heterocycles. The number of nitrogens with zero attached hydrogens (tertiary/aromatic N) is 1. The first-order chi connectivity index (χ1) is 17.7. The second kappa shape index (κ2) is 11.9. The highest BCUT2D eigenvalue weighted by Crippen LogP contribution is 2.38. The fourth-order valence-corrected chi connectivity index (χ4v) is 3.86.